The predicted octanol–water partition coefficient (Wildman–Crippen LogP) is 4.23. The summed E-state index contributed by atoms with van der Waals surface area (Å²) in [6, 6.07) is 13.4. The number of carbonyl (C=O) groups excluding carboxylic acids is 1. The van der Waals surface area contributed by atoms with Crippen molar-refractivity contribution in [3.05, 3.63) is 65.7 Å². The van der Waals surface area contributed by atoms with Crippen LogP contribution in [0.3, 0.4) is 0 Å². The fourth-order valence-electron chi connectivity index (χ4n) is 3.46. The zero-order valence-electron chi connectivity index (χ0n) is 15.2. The van der Waals surface area contributed by atoms with Gasteiger partial charge in [0.1, 0.15) is 11.6 Å². The van der Waals surface area contributed by atoms with Crippen LogP contribution in [0.25, 0.3) is 0 Å². The molecule has 0 saturated carbocycles. The number of anilines is 1. The first-order valence-electron chi connectivity index (χ1n) is 9.00. The number of rotatable bonds is 5. The molecule has 2 aromatic rings. The molecule has 1 heterocycles. The second-order valence-electron chi connectivity index (χ2n) is 7.12. The summed E-state index contributed by atoms with van der Waals surface area (Å²) in [7, 11) is 0. The quantitative estimate of drug-likeness (QED) is 0.799. The van der Waals surface area contributed by atoms with Gasteiger partial charge >= 0.3 is 0 Å². The van der Waals surface area contributed by atoms with E-state index in [0.29, 0.717) is 6.54 Å². The highest BCUT2D eigenvalue weighted by atomic mass is 19.1. The third kappa shape index (κ3) is 4.10. The second-order valence-corrected chi connectivity index (χ2v) is 7.12. The van der Waals surface area contributed by atoms with E-state index in [4.69, 9.17) is 0 Å². The number of amides is 1. The molecule has 3 rings (SSSR count). The molecule has 0 unspecified atom stereocenters. The molecule has 1 fully saturated rings. The van der Waals surface area contributed by atoms with Gasteiger partial charge in [0.05, 0.1) is 11.7 Å². The van der Waals surface area contributed by atoms with Gasteiger partial charge in [0.2, 0.25) is 5.91 Å². The molecule has 3 nitrogen and oxygen atoms in total. The van der Waals surface area contributed by atoms with E-state index < -0.39 is 11.6 Å². The number of halogens is 2. The SMILES string of the molecule is CC(C)C(=O)N(c1ccc(F)cc1F)[C@H]1CCN(Cc2ccccc2)C1. The van der Waals surface area contributed by atoms with Crippen LogP contribution in [0.1, 0.15) is 25.8 Å². The maximum atomic E-state index is 14.4. The molecule has 2 aromatic carbocycles. The van der Waals surface area contributed by atoms with Crippen LogP contribution >= 0.6 is 0 Å². The van der Waals surface area contributed by atoms with Crippen LogP contribution in [-0.4, -0.2) is 29.9 Å². The molecule has 1 aliphatic heterocycles. The Balaban J connectivity index is 1.80. The first kappa shape index (κ1) is 18.5. The van der Waals surface area contributed by atoms with Crippen LogP contribution in [0, 0.1) is 17.6 Å². The van der Waals surface area contributed by atoms with Gasteiger partial charge in [-0.1, -0.05) is 44.2 Å². The molecule has 1 aliphatic rings. The maximum absolute atomic E-state index is 14.4. The number of likely N-dealkylation sites (tertiary alicyclic amines) is 1. The van der Waals surface area contributed by atoms with E-state index in [9.17, 15) is 13.6 Å². The molecule has 26 heavy (non-hydrogen) atoms. The van der Waals surface area contributed by atoms with E-state index in [-0.39, 0.29) is 23.6 Å². The summed E-state index contributed by atoms with van der Waals surface area (Å²) < 4.78 is 27.7. The van der Waals surface area contributed by atoms with Gasteiger partial charge in [-0.3, -0.25) is 9.69 Å². The van der Waals surface area contributed by atoms with Gasteiger partial charge in [0.25, 0.3) is 0 Å². The normalized spacial score (nSPS) is 17.7. The molecular formula is C21H24F2N2O. The summed E-state index contributed by atoms with van der Waals surface area (Å²) in [5.41, 5.74) is 1.37. The standard InChI is InChI=1S/C21H24F2N2O/c1-15(2)21(26)25(20-9-8-17(22)12-19(20)23)18-10-11-24(14-18)13-16-6-4-3-5-7-16/h3-9,12,15,18H,10-11,13-14H2,1-2H3/t18-/m0/s1. The van der Waals surface area contributed by atoms with E-state index in [1.165, 1.54) is 22.6 Å². The zero-order chi connectivity index (χ0) is 18.7. The zero-order valence-corrected chi connectivity index (χ0v) is 15.2. The van der Waals surface area contributed by atoms with Crippen molar-refractivity contribution in [2.24, 2.45) is 5.92 Å². The first-order chi connectivity index (χ1) is 12.5. The summed E-state index contributed by atoms with van der Waals surface area (Å²) in [6.45, 7) is 5.91. The van der Waals surface area contributed by atoms with Crippen molar-refractivity contribution in [3.63, 3.8) is 0 Å². The van der Waals surface area contributed by atoms with Crippen molar-refractivity contribution in [3.8, 4) is 0 Å². The third-order valence-corrected chi connectivity index (χ3v) is 4.76. The van der Waals surface area contributed by atoms with Gasteiger partial charge in [0.15, 0.2) is 0 Å². The van der Waals surface area contributed by atoms with Crippen molar-refractivity contribution in [1.82, 2.24) is 4.90 Å². The van der Waals surface area contributed by atoms with Gasteiger partial charge in [-0.15, -0.1) is 0 Å². The molecule has 1 atom stereocenters. The molecule has 0 bridgehead atoms. The minimum absolute atomic E-state index is 0.117. The lowest BCUT2D eigenvalue weighted by atomic mass is 10.1. The lowest BCUT2D eigenvalue weighted by Gasteiger charge is -2.31. The minimum atomic E-state index is -0.694. The molecular weight excluding hydrogens is 334 g/mol. The van der Waals surface area contributed by atoms with E-state index in [1.807, 2.05) is 18.2 Å². The lowest BCUT2D eigenvalue weighted by Crippen LogP contribution is -2.44. The highest BCUT2D eigenvalue weighted by molar-refractivity contribution is 5.95. The molecule has 1 saturated heterocycles. The molecule has 5 heteroatoms. The smallest absolute Gasteiger partial charge is 0.229 e. The summed E-state index contributed by atoms with van der Waals surface area (Å²) in [6.07, 6.45) is 0.766. The van der Waals surface area contributed by atoms with E-state index >= 15 is 0 Å². The van der Waals surface area contributed by atoms with Gasteiger partial charge in [-0.25, -0.2) is 8.78 Å². The number of carbonyl (C=O) groups is 1. The average molecular weight is 358 g/mol. The Bertz CT molecular complexity index is 764. The number of nitrogens with zero attached hydrogens (tertiary/aromatic N) is 2. The minimum Gasteiger partial charge on any atom is -0.305 e. The molecule has 0 aliphatic carbocycles. The molecule has 138 valence electrons. The molecule has 0 N–H and O–H groups in total. The predicted molar refractivity (Wildman–Crippen MR) is 98.8 cm³/mol. The van der Waals surface area contributed by atoms with Gasteiger partial charge in [-0.2, -0.15) is 0 Å². The molecule has 0 radical (unpaired) electrons. The van der Waals surface area contributed by atoms with Crippen LogP contribution in [0.4, 0.5) is 14.5 Å². The van der Waals surface area contributed by atoms with Crippen molar-refractivity contribution >= 4 is 11.6 Å². The number of hydrogen-bond acceptors (Lipinski definition) is 2. The Labute approximate surface area is 153 Å². The van der Waals surface area contributed by atoms with Gasteiger partial charge in [0, 0.05) is 31.6 Å². The second kappa shape index (κ2) is 7.96. The van der Waals surface area contributed by atoms with E-state index in [0.717, 1.165) is 25.6 Å². The molecule has 0 aromatic heterocycles. The summed E-state index contributed by atoms with van der Waals surface area (Å²) in [5, 5.41) is 0. The average Bonchev–Trinajstić information content (AvgIpc) is 3.05. The highest BCUT2D eigenvalue weighted by Gasteiger charge is 2.34. The van der Waals surface area contributed by atoms with E-state index in [2.05, 4.69) is 17.0 Å². The summed E-state index contributed by atoms with van der Waals surface area (Å²) in [5.74, 6) is -1.73. The number of hydrogen-bond donors (Lipinski definition) is 0. The van der Waals surface area contributed by atoms with Crippen LogP contribution in [0.2, 0.25) is 0 Å². The largest absolute Gasteiger partial charge is 0.305 e. The van der Waals surface area contributed by atoms with Crippen LogP contribution in [0.5, 0.6) is 0 Å². The Hall–Kier alpha value is -2.27. The van der Waals surface area contributed by atoms with E-state index in [1.54, 1.807) is 13.8 Å². The molecule has 0 spiro atoms. The van der Waals surface area contributed by atoms with Crippen molar-refractivity contribution in [2.75, 3.05) is 18.0 Å². The maximum Gasteiger partial charge on any atom is 0.229 e. The van der Waals surface area contributed by atoms with Crippen LogP contribution in [0.15, 0.2) is 48.5 Å². The van der Waals surface area contributed by atoms with Gasteiger partial charge in [-0.05, 0) is 24.1 Å². The fraction of sp³-hybridized carbons (Fsp3) is 0.381. The fourth-order valence-corrected chi connectivity index (χ4v) is 3.46. The Morgan fingerprint density at radius 3 is 2.58 bits per heavy atom. The molecule has 1 amide bonds. The number of benzene rings is 2. The van der Waals surface area contributed by atoms with Crippen LogP contribution < -0.4 is 4.90 Å². The Kier molecular flexibility index (Phi) is 5.67. The van der Waals surface area contributed by atoms with Crippen LogP contribution in [-0.2, 0) is 11.3 Å². The Morgan fingerprint density at radius 2 is 1.92 bits per heavy atom. The summed E-state index contributed by atoms with van der Waals surface area (Å²) in [4.78, 5) is 16.6. The third-order valence-electron chi connectivity index (χ3n) is 4.76. The summed E-state index contributed by atoms with van der Waals surface area (Å²) >= 11 is 0. The Morgan fingerprint density at radius 1 is 1.19 bits per heavy atom. The lowest BCUT2D eigenvalue weighted by molar-refractivity contribution is -0.121. The monoisotopic (exact) mass is 358 g/mol. The topological polar surface area (TPSA) is 23.6 Å². The van der Waals surface area contributed by atoms with Crippen molar-refractivity contribution in [2.45, 2.75) is 32.9 Å². The highest BCUT2D eigenvalue weighted by Crippen LogP contribution is 2.28. The van der Waals surface area contributed by atoms with Crippen molar-refractivity contribution in [1.29, 1.82) is 0 Å². The van der Waals surface area contributed by atoms with Crippen molar-refractivity contribution < 1.29 is 13.6 Å². The van der Waals surface area contributed by atoms with Gasteiger partial charge < -0.3 is 4.90 Å². The first-order valence-corrected chi connectivity index (χ1v) is 9.00.